The third-order valence-electron chi connectivity index (χ3n) is 3.90. The van der Waals surface area contributed by atoms with E-state index >= 15 is 0 Å². The second-order valence-corrected chi connectivity index (χ2v) is 5.75. The largest absolute Gasteiger partial charge is 0.478 e. The summed E-state index contributed by atoms with van der Waals surface area (Å²) in [5.74, 6) is -0.971. The molecule has 0 aliphatic carbocycles. The highest BCUT2D eigenvalue weighted by atomic mass is 16.4. The van der Waals surface area contributed by atoms with Crippen molar-refractivity contribution in [2.24, 2.45) is 0 Å². The molecule has 3 N–H and O–H groups in total. The average Bonchev–Trinajstić information content (AvgIpc) is 2.68. The Bertz CT molecular complexity index is 889. The van der Waals surface area contributed by atoms with Crippen molar-refractivity contribution in [2.45, 2.75) is 6.54 Å². The third-order valence-corrected chi connectivity index (χ3v) is 3.90. The molecule has 3 rings (SSSR count). The fourth-order valence-electron chi connectivity index (χ4n) is 2.50. The van der Waals surface area contributed by atoms with E-state index in [4.69, 9.17) is 5.11 Å². The Balaban J connectivity index is 1.54. The molecule has 0 saturated heterocycles. The maximum atomic E-state index is 12.0. The molecule has 5 nitrogen and oxygen atoms in total. The summed E-state index contributed by atoms with van der Waals surface area (Å²) in [6.45, 7) is 0.313. The number of benzene rings is 3. The summed E-state index contributed by atoms with van der Waals surface area (Å²) in [4.78, 5) is 22.8. The molecule has 0 heterocycles. The zero-order valence-electron chi connectivity index (χ0n) is 14.0. The summed E-state index contributed by atoms with van der Waals surface area (Å²) in [7, 11) is 0. The van der Waals surface area contributed by atoms with E-state index in [9.17, 15) is 9.59 Å². The van der Waals surface area contributed by atoms with Crippen LogP contribution >= 0.6 is 0 Å². The highest BCUT2D eigenvalue weighted by molar-refractivity contribution is 5.89. The van der Waals surface area contributed by atoms with Crippen molar-refractivity contribution in [3.8, 4) is 11.1 Å². The molecule has 0 aliphatic heterocycles. The first-order chi connectivity index (χ1) is 12.6. The fraction of sp³-hybridized carbons (Fsp3) is 0.0476. The standard InChI is InChI=1S/C21H18N2O3/c24-20(25)18-8-6-15(7-9-18)14-22-21(26)23-19-12-10-17(11-13-19)16-4-2-1-3-5-16/h1-13H,14H2,(H,24,25)(H2,22,23,26). The van der Waals surface area contributed by atoms with Gasteiger partial charge in [-0.15, -0.1) is 0 Å². The normalized spacial score (nSPS) is 10.2. The van der Waals surface area contributed by atoms with Gasteiger partial charge in [0.15, 0.2) is 0 Å². The summed E-state index contributed by atoms with van der Waals surface area (Å²) >= 11 is 0. The zero-order chi connectivity index (χ0) is 18.4. The Labute approximate surface area is 151 Å². The highest BCUT2D eigenvalue weighted by Crippen LogP contribution is 2.20. The third kappa shape index (κ3) is 4.48. The Hall–Kier alpha value is -3.60. The topological polar surface area (TPSA) is 78.4 Å². The van der Waals surface area contributed by atoms with E-state index in [0.717, 1.165) is 16.7 Å². The molecular weight excluding hydrogens is 328 g/mol. The maximum absolute atomic E-state index is 12.0. The van der Waals surface area contributed by atoms with Gasteiger partial charge in [0.1, 0.15) is 0 Å². The van der Waals surface area contributed by atoms with E-state index in [2.05, 4.69) is 10.6 Å². The Kier molecular flexibility index (Phi) is 5.29. The van der Waals surface area contributed by atoms with Crippen LogP contribution in [-0.4, -0.2) is 17.1 Å². The van der Waals surface area contributed by atoms with E-state index in [1.807, 2.05) is 54.6 Å². The molecule has 0 atom stereocenters. The summed E-state index contributed by atoms with van der Waals surface area (Å²) < 4.78 is 0. The predicted molar refractivity (Wildman–Crippen MR) is 101 cm³/mol. The minimum Gasteiger partial charge on any atom is -0.478 e. The molecule has 0 saturated carbocycles. The molecular formula is C21H18N2O3. The van der Waals surface area contributed by atoms with Crippen LogP contribution in [0.2, 0.25) is 0 Å². The minimum absolute atomic E-state index is 0.219. The lowest BCUT2D eigenvalue weighted by atomic mass is 10.1. The predicted octanol–water partition coefficient (Wildman–Crippen LogP) is 4.37. The van der Waals surface area contributed by atoms with Crippen LogP contribution in [0.5, 0.6) is 0 Å². The van der Waals surface area contributed by atoms with Crippen molar-refractivity contribution in [3.63, 3.8) is 0 Å². The van der Waals surface area contributed by atoms with Gasteiger partial charge in [-0.3, -0.25) is 0 Å². The van der Waals surface area contributed by atoms with Gasteiger partial charge in [-0.05, 0) is 41.0 Å². The van der Waals surface area contributed by atoms with Crippen LogP contribution in [0, 0.1) is 0 Å². The van der Waals surface area contributed by atoms with Gasteiger partial charge in [0.2, 0.25) is 0 Å². The van der Waals surface area contributed by atoms with E-state index in [1.165, 1.54) is 12.1 Å². The molecule has 26 heavy (non-hydrogen) atoms. The van der Waals surface area contributed by atoms with Crippen LogP contribution in [-0.2, 0) is 6.54 Å². The molecule has 5 heteroatoms. The Morgan fingerprint density at radius 3 is 2.00 bits per heavy atom. The molecule has 2 amide bonds. The average molecular weight is 346 g/mol. The first kappa shape index (κ1) is 17.2. The summed E-state index contributed by atoms with van der Waals surface area (Å²) in [5, 5.41) is 14.4. The number of anilines is 1. The van der Waals surface area contributed by atoms with Crippen LogP contribution < -0.4 is 10.6 Å². The number of carbonyl (C=O) groups is 2. The molecule has 0 radical (unpaired) electrons. The minimum atomic E-state index is -0.971. The van der Waals surface area contributed by atoms with Crippen molar-refractivity contribution < 1.29 is 14.7 Å². The quantitative estimate of drug-likeness (QED) is 0.642. The van der Waals surface area contributed by atoms with Crippen LogP contribution in [0.4, 0.5) is 10.5 Å². The number of aromatic carboxylic acids is 1. The molecule has 0 aliphatic rings. The number of carboxylic acids is 1. The van der Waals surface area contributed by atoms with Gasteiger partial charge in [0.05, 0.1) is 5.56 Å². The molecule has 0 bridgehead atoms. The first-order valence-electron chi connectivity index (χ1n) is 8.14. The molecule has 3 aromatic carbocycles. The molecule has 0 spiro atoms. The molecule has 0 unspecified atom stereocenters. The number of hydrogen-bond acceptors (Lipinski definition) is 2. The van der Waals surface area contributed by atoms with Crippen LogP contribution in [0.25, 0.3) is 11.1 Å². The lowest BCUT2D eigenvalue weighted by Crippen LogP contribution is -2.28. The lowest BCUT2D eigenvalue weighted by molar-refractivity contribution is 0.0697. The molecule has 3 aromatic rings. The van der Waals surface area contributed by atoms with Gasteiger partial charge in [-0.2, -0.15) is 0 Å². The smallest absolute Gasteiger partial charge is 0.335 e. The van der Waals surface area contributed by atoms with Gasteiger partial charge >= 0.3 is 12.0 Å². The lowest BCUT2D eigenvalue weighted by Gasteiger charge is -2.09. The van der Waals surface area contributed by atoms with Crippen molar-refractivity contribution in [1.82, 2.24) is 5.32 Å². The molecule has 0 fully saturated rings. The fourth-order valence-corrected chi connectivity index (χ4v) is 2.50. The number of nitrogens with one attached hydrogen (secondary N) is 2. The highest BCUT2D eigenvalue weighted by Gasteiger charge is 2.05. The van der Waals surface area contributed by atoms with Crippen molar-refractivity contribution in [2.75, 3.05) is 5.32 Å². The summed E-state index contributed by atoms with van der Waals surface area (Å²) in [6, 6.07) is 23.7. The van der Waals surface area contributed by atoms with Crippen molar-refractivity contribution in [1.29, 1.82) is 0 Å². The van der Waals surface area contributed by atoms with Gasteiger partial charge < -0.3 is 15.7 Å². The number of rotatable bonds is 5. The molecule has 130 valence electrons. The number of amides is 2. The van der Waals surface area contributed by atoms with Gasteiger partial charge in [0, 0.05) is 12.2 Å². The number of carboxylic acid groups (broad SMARTS) is 1. The van der Waals surface area contributed by atoms with E-state index in [-0.39, 0.29) is 11.6 Å². The van der Waals surface area contributed by atoms with E-state index in [0.29, 0.717) is 12.2 Å². The van der Waals surface area contributed by atoms with Crippen LogP contribution in [0.1, 0.15) is 15.9 Å². The van der Waals surface area contributed by atoms with E-state index in [1.54, 1.807) is 12.1 Å². The first-order valence-corrected chi connectivity index (χ1v) is 8.14. The monoisotopic (exact) mass is 346 g/mol. The van der Waals surface area contributed by atoms with Gasteiger partial charge in [-0.25, -0.2) is 9.59 Å². The van der Waals surface area contributed by atoms with Crippen molar-refractivity contribution in [3.05, 3.63) is 90.0 Å². The van der Waals surface area contributed by atoms with Gasteiger partial charge in [0.25, 0.3) is 0 Å². The van der Waals surface area contributed by atoms with Crippen molar-refractivity contribution >= 4 is 17.7 Å². The summed E-state index contributed by atoms with van der Waals surface area (Å²) in [5.41, 5.74) is 3.94. The van der Waals surface area contributed by atoms with Crippen LogP contribution in [0.15, 0.2) is 78.9 Å². The maximum Gasteiger partial charge on any atom is 0.335 e. The van der Waals surface area contributed by atoms with E-state index < -0.39 is 5.97 Å². The SMILES string of the molecule is O=C(NCc1ccc(C(=O)O)cc1)Nc1ccc(-c2ccccc2)cc1. The Morgan fingerprint density at radius 1 is 0.769 bits per heavy atom. The van der Waals surface area contributed by atoms with Gasteiger partial charge in [-0.1, -0.05) is 54.6 Å². The number of carbonyl (C=O) groups excluding carboxylic acids is 1. The number of hydrogen-bond donors (Lipinski definition) is 3. The second-order valence-electron chi connectivity index (χ2n) is 5.75. The molecule has 0 aromatic heterocycles. The zero-order valence-corrected chi connectivity index (χ0v) is 14.0. The van der Waals surface area contributed by atoms with Crippen LogP contribution in [0.3, 0.4) is 0 Å². The second kappa shape index (κ2) is 7.98. The Morgan fingerprint density at radius 2 is 1.38 bits per heavy atom. The summed E-state index contributed by atoms with van der Waals surface area (Å²) in [6.07, 6.45) is 0. The number of urea groups is 1.